The first kappa shape index (κ1) is 21.7. The maximum atomic E-state index is 11.7. The molecule has 0 radical (unpaired) electrons. The fraction of sp³-hybridized carbons (Fsp3) is 0.571. The molecule has 1 aromatic rings. The zero-order valence-electron chi connectivity index (χ0n) is 16.2. The van der Waals surface area contributed by atoms with Crippen molar-refractivity contribution in [3.05, 3.63) is 46.1 Å². The number of halogens is 1. The summed E-state index contributed by atoms with van der Waals surface area (Å²) < 4.78 is 0. The number of Topliss-reactive ketones (excluding diaryl/α,β-unsaturated/α-hetero) is 1. The molecule has 1 aliphatic heterocycles. The van der Waals surface area contributed by atoms with Crippen molar-refractivity contribution < 1.29 is 4.79 Å². The number of likely N-dealkylation sites (N-methyl/N-ethyl adjacent to an activating group) is 1. The van der Waals surface area contributed by atoms with Crippen molar-refractivity contribution in [1.82, 2.24) is 10.2 Å². The molecule has 0 spiro atoms. The van der Waals surface area contributed by atoms with Crippen LogP contribution in [0.2, 0.25) is 5.02 Å². The SMILES string of the molecule is CCCCC/C(C(C)=O)=C1/CNCCN1C.CCc1ccccc1Cl. The molecule has 0 bridgehead atoms. The molecule has 1 aromatic carbocycles. The average molecular weight is 365 g/mol. The van der Waals surface area contributed by atoms with E-state index in [0.29, 0.717) is 0 Å². The quantitative estimate of drug-likeness (QED) is 0.578. The predicted molar refractivity (Wildman–Crippen MR) is 108 cm³/mol. The molecule has 1 saturated heterocycles. The van der Waals surface area contributed by atoms with Crippen LogP contribution >= 0.6 is 11.6 Å². The molecule has 0 amide bonds. The third-order valence-electron chi connectivity index (χ3n) is 4.52. The molecule has 0 aromatic heterocycles. The van der Waals surface area contributed by atoms with Crippen molar-refractivity contribution in [2.24, 2.45) is 0 Å². The minimum atomic E-state index is 0.238. The summed E-state index contributed by atoms with van der Waals surface area (Å²) in [5.41, 5.74) is 3.46. The summed E-state index contributed by atoms with van der Waals surface area (Å²) in [6.45, 7) is 8.84. The Balaban J connectivity index is 0.000000293. The van der Waals surface area contributed by atoms with E-state index in [1.54, 1.807) is 6.92 Å². The topological polar surface area (TPSA) is 32.3 Å². The average Bonchev–Trinajstić information content (AvgIpc) is 2.60. The maximum Gasteiger partial charge on any atom is 0.157 e. The Morgan fingerprint density at radius 3 is 2.48 bits per heavy atom. The Morgan fingerprint density at radius 1 is 1.24 bits per heavy atom. The van der Waals surface area contributed by atoms with E-state index in [2.05, 4.69) is 31.1 Å². The molecule has 0 atom stereocenters. The monoisotopic (exact) mass is 364 g/mol. The van der Waals surface area contributed by atoms with E-state index in [0.717, 1.165) is 49.5 Å². The van der Waals surface area contributed by atoms with Crippen LogP contribution in [-0.4, -0.2) is 37.4 Å². The van der Waals surface area contributed by atoms with Crippen LogP contribution in [0.15, 0.2) is 35.5 Å². The molecule has 2 rings (SSSR count). The zero-order valence-corrected chi connectivity index (χ0v) is 17.0. The van der Waals surface area contributed by atoms with Crippen LogP contribution in [0.3, 0.4) is 0 Å². The smallest absolute Gasteiger partial charge is 0.157 e. The number of carbonyl (C=O) groups excluding carboxylic acids is 1. The van der Waals surface area contributed by atoms with Gasteiger partial charge in [-0.1, -0.05) is 56.5 Å². The number of hydrogen-bond donors (Lipinski definition) is 1. The summed E-state index contributed by atoms with van der Waals surface area (Å²) in [5, 5.41) is 4.21. The maximum absolute atomic E-state index is 11.7. The molecule has 1 fully saturated rings. The Hall–Kier alpha value is -1.32. The van der Waals surface area contributed by atoms with E-state index in [-0.39, 0.29) is 5.78 Å². The van der Waals surface area contributed by atoms with E-state index in [4.69, 9.17) is 11.6 Å². The second kappa shape index (κ2) is 12.1. The number of ketones is 1. The third-order valence-corrected chi connectivity index (χ3v) is 4.89. The lowest BCUT2D eigenvalue weighted by molar-refractivity contribution is -0.113. The molecular formula is C21H33ClN2O. The van der Waals surface area contributed by atoms with Gasteiger partial charge in [-0.2, -0.15) is 0 Å². The lowest BCUT2D eigenvalue weighted by Crippen LogP contribution is -2.40. The van der Waals surface area contributed by atoms with Crippen LogP contribution in [0.1, 0.15) is 52.0 Å². The normalized spacial score (nSPS) is 16.1. The highest BCUT2D eigenvalue weighted by molar-refractivity contribution is 6.31. The van der Waals surface area contributed by atoms with E-state index < -0.39 is 0 Å². The molecule has 4 heteroatoms. The highest BCUT2D eigenvalue weighted by Crippen LogP contribution is 2.18. The Morgan fingerprint density at radius 2 is 1.96 bits per heavy atom. The summed E-state index contributed by atoms with van der Waals surface area (Å²) >= 11 is 5.82. The first-order valence-electron chi connectivity index (χ1n) is 9.39. The highest BCUT2D eigenvalue weighted by Gasteiger charge is 2.17. The molecule has 140 valence electrons. The molecule has 1 heterocycles. The summed E-state index contributed by atoms with van der Waals surface area (Å²) in [5.74, 6) is 0.238. The molecular weight excluding hydrogens is 332 g/mol. The van der Waals surface area contributed by atoms with Gasteiger partial charge < -0.3 is 10.2 Å². The fourth-order valence-electron chi connectivity index (χ4n) is 2.92. The van der Waals surface area contributed by atoms with Crippen LogP contribution in [0.25, 0.3) is 0 Å². The standard InChI is InChI=1S/C13H24N2O.C8H9Cl/c1-4-5-6-7-12(11(2)16)13-10-14-8-9-15(13)3;1-2-7-5-3-4-6-8(7)9/h14H,4-10H2,1-3H3;3-6H,2H2,1H3/b13-12+;. The first-order chi connectivity index (χ1) is 12.0. The van der Waals surface area contributed by atoms with E-state index in [9.17, 15) is 4.79 Å². The van der Waals surface area contributed by atoms with Crippen molar-refractivity contribution in [1.29, 1.82) is 0 Å². The largest absolute Gasteiger partial charge is 0.375 e. The number of aryl methyl sites for hydroxylation is 1. The second-order valence-electron chi connectivity index (χ2n) is 6.48. The molecule has 0 aliphatic carbocycles. The number of allylic oxidation sites excluding steroid dienone is 1. The second-order valence-corrected chi connectivity index (χ2v) is 6.89. The summed E-state index contributed by atoms with van der Waals surface area (Å²) in [6.07, 6.45) is 5.49. The minimum Gasteiger partial charge on any atom is -0.375 e. The molecule has 25 heavy (non-hydrogen) atoms. The minimum absolute atomic E-state index is 0.238. The lowest BCUT2D eigenvalue weighted by atomic mass is 10.0. The van der Waals surface area contributed by atoms with Crippen molar-refractivity contribution in [2.75, 3.05) is 26.7 Å². The third kappa shape index (κ3) is 7.62. The number of carbonyl (C=O) groups is 1. The molecule has 1 aliphatic rings. The van der Waals surface area contributed by atoms with E-state index in [1.807, 2.05) is 24.3 Å². The van der Waals surface area contributed by atoms with Crippen LogP contribution < -0.4 is 5.32 Å². The zero-order chi connectivity index (χ0) is 18.7. The van der Waals surface area contributed by atoms with Crippen molar-refractivity contribution in [3.8, 4) is 0 Å². The number of benzene rings is 1. The molecule has 1 N–H and O–H groups in total. The summed E-state index contributed by atoms with van der Waals surface area (Å²) in [4.78, 5) is 13.9. The van der Waals surface area contributed by atoms with Crippen LogP contribution in [-0.2, 0) is 11.2 Å². The lowest BCUT2D eigenvalue weighted by Gasteiger charge is -2.30. The Bertz CT molecular complexity index is 569. The summed E-state index contributed by atoms with van der Waals surface area (Å²) in [6, 6.07) is 7.91. The number of hydrogen-bond acceptors (Lipinski definition) is 3. The Labute approximate surface area is 158 Å². The van der Waals surface area contributed by atoms with Crippen molar-refractivity contribution in [3.63, 3.8) is 0 Å². The van der Waals surface area contributed by atoms with Gasteiger partial charge in [0.2, 0.25) is 0 Å². The van der Waals surface area contributed by atoms with Crippen LogP contribution in [0.4, 0.5) is 0 Å². The van der Waals surface area contributed by atoms with Gasteiger partial charge >= 0.3 is 0 Å². The van der Waals surface area contributed by atoms with Crippen LogP contribution in [0.5, 0.6) is 0 Å². The van der Waals surface area contributed by atoms with Crippen molar-refractivity contribution >= 4 is 17.4 Å². The van der Waals surface area contributed by atoms with Gasteiger partial charge in [0.25, 0.3) is 0 Å². The van der Waals surface area contributed by atoms with E-state index >= 15 is 0 Å². The predicted octanol–water partition coefficient (Wildman–Crippen LogP) is 4.85. The first-order valence-corrected chi connectivity index (χ1v) is 9.77. The molecule has 0 saturated carbocycles. The fourth-order valence-corrected chi connectivity index (χ4v) is 3.19. The van der Waals surface area contributed by atoms with Gasteiger partial charge in [-0.25, -0.2) is 0 Å². The van der Waals surface area contributed by atoms with Gasteiger partial charge in [-0.3, -0.25) is 4.79 Å². The number of nitrogens with one attached hydrogen (secondary N) is 1. The van der Waals surface area contributed by atoms with Gasteiger partial charge in [0.15, 0.2) is 5.78 Å². The van der Waals surface area contributed by atoms with E-state index in [1.165, 1.54) is 24.1 Å². The summed E-state index contributed by atoms with van der Waals surface area (Å²) in [7, 11) is 2.08. The number of nitrogens with zero attached hydrogens (tertiary/aromatic N) is 1. The van der Waals surface area contributed by atoms with Crippen molar-refractivity contribution in [2.45, 2.75) is 52.9 Å². The molecule has 3 nitrogen and oxygen atoms in total. The van der Waals surface area contributed by atoms with Gasteiger partial charge in [-0.15, -0.1) is 0 Å². The highest BCUT2D eigenvalue weighted by atomic mass is 35.5. The number of piperazine rings is 1. The number of unbranched alkanes of at least 4 members (excludes halogenated alkanes) is 2. The van der Waals surface area contributed by atoms with Gasteiger partial charge in [0.1, 0.15) is 0 Å². The van der Waals surface area contributed by atoms with Gasteiger partial charge in [-0.05, 0) is 37.8 Å². The number of rotatable bonds is 6. The Kier molecular flexibility index (Phi) is 10.5. The molecule has 0 unspecified atom stereocenters. The van der Waals surface area contributed by atoms with Crippen LogP contribution in [0, 0.1) is 0 Å². The van der Waals surface area contributed by atoms with Gasteiger partial charge in [0, 0.05) is 43.0 Å². The van der Waals surface area contributed by atoms with Gasteiger partial charge in [0.05, 0.1) is 0 Å².